The van der Waals surface area contributed by atoms with E-state index in [1.165, 1.54) is 0 Å². The molecule has 1 fully saturated rings. The van der Waals surface area contributed by atoms with Gasteiger partial charge in [-0.2, -0.15) is 0 Å². The Morgan fingerprint density at radius 2 is 2.12 bits per heavy atom. The maximum atomic E-state index is 12.0. The summed E-state index contributed by atoms with van der Waals surface area (Å²) in [6.45, 7) is 2.02. The fourth-order valence-electron chi connectivity index (χ4n) is 1.57. The molecule has 4 nitrogen and oxygen atoms in total. The van der Waals surface area contributed by atoms with Crippen LogP contribution in [0.25, 0.3) is 0 Å². The molecule has 0 amide bonds. The summed E-state index contributed by atoms with van der Waals surface area (Å²) >= 11 is 3.28. The topological polar surface area (TPSA) is 55.4 Å². The van der Waals surface area contributed by atoms with E-state index in [1.54, 1.807) is 25.3 Å². The van der Waals surface area contributed by atoms with Gasteiger partial charge in [-0.15, -0.1) is 0 Å². The van der Waals surface area contributed by atoms with Crippen molar-refractivity contribution in [3.8, 4) is 5.75 Å². The van der Waals surface area contributed by atoms with Crippen molar-refractivity contribution in [1.82, 2.24) is 4.72 Å². The highest BCUT2D eigenvalue weighted by Crippen LogP contribution is 2.32. The second kappa shape index (κ2) is 4.59. The highest BCUT2D eigenvalue weighted by molar-refractivity contribution is 9.10. The summed E-state index contributed by atoms with van der Waals surface area (Å²) in [7, 11) is -1.87. The second-order valence-corrected chi connectivity index (χ2v) is 6.81. The molecule has 1 N–H and O–H groups in total. The molecule has 2 rings (SSSR count). The van der Waals surface area contributed by atoms with Crippen LogP contribution in [0.15, 0.2) is 27.6 Å². The highest BCUT2D eigenvalue weighted by atomic mass is 79.9. The van der Waals surface area contributed by atoms with E-state index in [0.29, 0.717) is 16.1 Å². The van der Waals surface area contributed by atoms with E-state index in [-0.39, 0.29) is 10.9 Å². The minimum absolute atomic E-state index is 0.0841. The molecule has 1 aromatic carbocycles. The monoisotopic (exact) mass is 319 g/mol. The van der Waals surface area contributed by atoms with Gasteiger partial charge >= 0.3 is 0 Å². The number of nitrogens with one attached hydrogen (secondary N) is 1. The van der Waals surface area contributed by atoms with Gasteiger partial charge in [0.05, 0.1) is 16.5 Å². The van der Waals surface area contributed by atoms with Crippen LogP contribution in [0.3, 0.4) is 0 Å². The van der Waals surface area contributed by atoms with Gasteiger partial charge in [-0.3, -0.25) is 0 Å². The van der Waals surface area contributed by atoms with Crippen molar-refractivity contribution >= 4 is 26.0 Å². The van der Waals surface area contributed by atoms with Crippen LogP contribution in [0.4, 0.5) is 0 Å². The lowest BCUT2D eigenvalue weighted by Gasteiger charge is -2.08. The molecule has 2 atom stereocenters. The van der Waals surface area contributed by atoms with E-state index in [9.17, 15) is 8.42 Å². The summed E-state index contributed by atoms with van der Waals surface area (Å²) in [6, 6.07) is 4.81. The number of ether oxygens (including phenoxy) is 1. The lowest BCUT2D eigenvalue weighted by molar-refractivity contribution is 0.411. The zero-order valence-electron chi connectivity index (χ0n) is 9.60. The molecule has 1 aliphatic rings. The number of methoxy groups -OCH3 is 1. The zero-order valence-corrected chi connectivity index (χ0v) is 12.0. The molecule has 2 unspecified atom stereocenters. The number of benzene rings is 1. The molecule has 17 heavy (non-hydrogen) atoms. The average Bonchev–Trinajstić information content (AvgIpc) is 2.93. The first-order valence-corrected chi connectivity index (χ1v) is 7.57. The summed E-state index contributed by atoms with van der Waals surface area (Å²) in [5.74, 6) is 1.05. The molecule has 0 radical (unpaired) electrons. The van der Waals surface area contributed by atoms with E-state index in [4.69, 9.17) is 4.74 Å². The molecule has 0 bridgehead atoms. The van der Waals surface area contributed by atoms with E-state index < -0.39 is 10.0 Å². The zero-order chi connectivity index (χ0) is 12.6. The summed E-state index contributed by atoms with van der Waals surface area (Å²) < 4.78 is 32.4. The first kappa shape index (κ1) is 12.9. The molecule has 6 heteroatoms. The third-order valence-electron chi connectivity index (χ3n) is 2.85. The molecule has 1 aromatic rings. The number of sulfonamides is 1. The normalized spacial score (nSPS) is 23.5. The summed E-state index contributed by atoms with van der Waals surface area (Å²) in [5.41, 5.74) is 0. The van der Waals surface area contributed by atoms with Crippen LogP contribution in [-0.4, -0.2) is 21.6 Å². The van der Waals surface area contributed by atoms with Crippen molar-refractivity contribution in [1.29, 1.82) is 0 Å². The van der Waals surface area contributed by atoms with E-state index >= 15 is 0 Å². The Kier molecular flexibility index (Phi) is 3.47. The van der Waals surface area contributed by atoms with Crippen LogP contribution in [0.5, 0.6) is 5.75 Å². The smallest absolute Gasteiger partial charge is 0.240 e. The number of halogens is 1. The molecule has 0 heterocycles. The van der Waals surface area contributed by atoms with Crippen molar-refractivity contribution in [2.75, 3.05) is 7.11 Å². The second-order valence-electron chi connectivity index (χ2n) is 4.24. The van der Waals surface area contributed by atoms with Crippen LogP contribution >= 0.6 is 15.9 Å². The van der Waals surface area contributed by atoms with E-state index in [2.05, 4.69) is 20.7 Å². The Morgan fingerprint density at radius 1 is 1.47 bits per heavy atom. The van der Waals surface area contributed by atoms with Gasteiger partial charge in [-0.1, -0.05) is 6.92 Å². The SMILES string of the molecule is COc1ccc(S(=O)(=O)NC2CC2C)cc1Br. The quantitative estimate of drug-likeness (QED) is 0.925. The molecule has 0 saturated heterocycles. The van der Waals surface area contributed by atoms with Crippen molar-refractivity contribution in [3.63, 3.8) is 0 Å². The largest absolute Gasteiger partial charge is 0.496 e. The van der Waals surface area contributed by atoms with Gasteiger partial charge in [0.2, 0.25) is 10.0 Å². The highest BCUT2D eigenvalue weighted by Gasteiger charge is 2.36. The van der Waals surface area contributed by atoms with E-state index in [1.807, 2.05) is 6.92 Å². The van der Waals surface area contributed by atoms with Gasteiger partial charge in [0.25, 0.3) is 0 Å². The van der Waals surface area contributed by atoms with E-state index in [0.717, 1.165) is 6.42 Å². The molecule has 0 spiro atoms. The van der Waals surface area contributed by atoms with Crippen molar-refractivity contribution < 1.29 is 13.2 Å². The van der Waals surface area contributed by atoms with Crippen LogP contribution in [0.2, 0.25) is 0 Å². The molecule has 1 aliphatic carbocycles. The lowest BCUT2D eigenvalue weighted by Crippen LogP contribution is -2.26. The molecule has 0 aromatic heterocycles. The molecule has 94 valence electrons. The lowest BCUT2D eigenvalue weighted by atomic mass is 10.3. The Bertz CT molecular complexity index is 530. The summed E-state index contributed by atoms with van der Waals surface area (Å²) in [6.07, 6.45) is 0.913. The van der Waals surface area contributed by atoms with Crippen LogP contribution in [0.1, 0.15) is 13.3 Å². The molecular formula is C11H14BrNO3S. The Balaban J connectivity index is 2.24. The molecular weight excluding hydrogens is 306 g/mol. The number of rotatable bonds is 4. The van der Waals surface area contributed by atoms with Crippen LogP contribution < -0.4 is 9.46 Å². The Hall–Kier alpha value is -0.590. The van der Waals surface area contributed by atoms with Crippen LogP contribution in [-0.2, 0) is 10.0 Å². The fraction of sp³-hybridized carbons (Fsp3) is 0.455. The van der Waals surface area contributed by atoms with Crippen LogP contribution in [0, 0.1) is 5.92 Å². The summed E-state index contributed by atoms with van der Waals surface area (Å²) in [4.78, 5) is 0.254. The predicted molar refractivity (Wildman–Crippen MR) is 68.6 cm³/mol. The van der Waals surface area contributed by atoms with Crippen molar-refractivity contribution in [2.45, 2.75) is 24.3 Å². The minimum atomic E-state index is -3.41. The Labute approximate surface area is 110 Å². The van der Waals surface area contributed by atoms with Gasteiger partial charge in [0.15, 0.2) is 0 Å². The van der Waals surface area contributed by atoms with Gasteiger partial charge in [-0.05, 0) is 46.5 Å². The first-order chi connectivity index (χ1) is 7.94. The third-order valence-corrected chi connectivity index (χ3v) is 4.96. The molecule has 0 aliphatic heterocycles. The van der Waals surface area contributed by atoms with Crippen molar-refractivity contribution in [3.05, 3.63) is 22.7 Å². The standard InChI is InChI=1S/C11H14BrNO3S/c1-7-5-10(7)13-17(14,15)8-3-4-11(16-2)9(12)6-8/h3-4,6-7,10,13H,5H2,1-2H3. The Morgan fingerprint density at radius 3 is 2.59 bits per heavy atom. The van der Waals surface area contributed by atoms with Gasteiger partial charge < -0.3 is 4.74 Å². The maximum absolute atomic E-state index is 12.0. The first-order valence-electron chi connectivity index (χ1n) is 5.30. The van der Waals surface area contributed by atoms with Crippen molar-refractivity contribution in [2.24, 2.45) is 5.92 Å². The van der Waals surface area contributed by atoms with Gasteiger partial charge in [0, 0.05) is 6.04 Å². The number of hydrogen-bond acceptors (Lipinski definition) is 3. The number of hydrogen-bond donors (Lipinski definition) is 1. The third kappa shape index (κ3) is 2.81. The average molecular weight is 320 g/mol. The van der Waals surface area contributed by atoms with Gasteiger partial charge in [-0.25, -0.2) is 13.1 Å². The maximum Gasteiger partial charge on any atom is 0.240 e. The predicted octanol–water partition coefficient (Wildman–Crippen LogP) is 2.14. The molecule has 1 saturated carbocycles. The minimum Gasteiger partial charge on any atom is -0.496 e. The summed E-state index contributed by atoms with van der Waals surface area (Å²) in [5, 5.41) is 0. The van der Waals surface area contributed by atoms with Gasteiger partial charge in [0.1, 0.15) is 5.75 Å². The fourth-order valence-corrected chi connectivity index (χ4v) is 3.64.